The summed E-state index contributed by atoms with van der Waals surface area (Å²) in [7, 11) is 0. The Bertz CT molecular complexity index is 981. The molecule has 4 heterocycles. The van der Waals surface area contributed by atoms with E-state index in [1.807, 2.05) is 22.8 Å². The molecule has 26 heavy (non-hydrogen) atoms. The van der Waals surface area contributed by atoms with Gasteiger partial charge in [0.2, 0.25) is 0 Å². The summed E-state index contributed by atoms with van der Waals surface area (Å²) in [6, 6.07) is 5.77. The van der Waals surface area contributed by atoms with Crippen LogP contribution in [0.3, 0.4) is 0 Å². The molecule has 0 aromatic carbocycles. The van der Waals surface area contributed by atoms with Crippen molar-refractivity contribution in [2.75, 3.05) is 18.0 Å². The Hall–Kier alpha value is -2.70. The van der Waals surface area contributed by atoms with Crippen LogP contribution in [0.25, 0.3) is 5.65 Å². The van der Waals surface area contributed by atoms with Crippen LogP contribution in [0.1, 0.15) is 37.3 Å². The van der Waals surface area contributed by atoms with Gasteiger partial charge in [0.05, 0.1) is 12.0 Å². The molecule has 0 spiro atoms. The van der Waals surface area contributed by atoms with Crippen LogP contribution in [0, 0.1) is 5.92 Å². The molecule has 134 valence electrons. The molecule has 1 saturated carbocycles. The van der Waals surface area contributed by atoms with Crippen molar-refractivity contribution >= 4 is 11.5 Å². The van der Waals surface area contributed by atoms with Crippen LogP contribution >= 0.6 is 0 Å². The van der Waals surface area contributed by atoms with Gasteiger partial charge in [-0.05, 0) is 43.7 Å². The monoisotopic (exact) mass is 350 g/mol. The number of nitrogens with zero attached hydrogens (tertiary/aromatic N) is 6. The lowest BCUT2D eigenvalue weighted by molar-refractivity contribution is 0.349. The van der Waals surface area contributed by atoms with E-state index in [2.05, 4.69) is 20.0 Å². The van der Waals surface area contributed by atoms with Gasteiger partial charge in [-0.15, -0.1) is 5.10 Å². The normalized spacial score (nSPS) is 18.5. The molecule has 2 aliphatic rings. The first kappa shape index (κ1) is 15.5. The van der Waals surface area contributed by atoms with Crippen LogP contribution in [-0.4, -0.2) is 37.2 Å². The van der Waals surface area contributed by atoms with Gasteiger partial charge in [0.1, 0.15) is 5.82 Å². The average Bonchev–Trinajstić information content (AvgIpc) is 3.41. The van der Waals surface area contributed by atoms with Crippen molar-refractivity contribution in [3.63, 3.8) is 0 Å². The molecule has 0 N–H and O–H groups in total. The highest BCUT2D eigenvalue weighted by molar-refractivity contribution is 5.45. The van der Waals surface area contributed by atoms with E-state index in [4.69, 9.17) is 0 Å². The summed E-state index contributed by atoms with van der Waals surface area (Å²) in [5, 5.41) is 4.63. The molecule has 0 radical (unpaired) electrons. The molecule has 5 rings (SSSR count). The third kappa shape index (κ3) is 2.98. The van der Waals surface area contributed by atoms with Crippen molar-refractivity contribution in [3.8, 4) is 0 Å². The van der Waals surface area contributed by atoms with Crippen LogP contribution in [0.15, 0.2) is 41.7 Å². The SMILES string of the molecule is O=c1cc(C2CC2)ncn1CC1CCN(c2ccc3nccn3n2)CC1. The Morgan fingerprint density at radius 2 is 1.92 bits per heavy atom. The minimum atomic E-state index is 0.0940. The first-order valence-corrected chi connectivity index (χ1v) is 9.38. The van der Waals surface area contributed by atoms with Crippen molar-refractivity contribution in [2.45, 2.75) is 38.1 Å². The highest BCUT2D eigenvalue weighted by atomic mass is 16.1. The molecular weight excluding hydrogens is 328 g/mol. The van der Waals surface area contributed by atoms with Crippen molar-refractivity contribution in [1.29, 1.82) is 0 Å². The summed E-state index contributed by atoms with van der Waals surface area (Å²) in [5.74, 6) is 2.02. The molecule has 0 unspecified atom stereocenters. The number of imidazole rings is 1. The lowest BCUT2D eigenvalue weighted by atomic mass is 9.96. The van der Waals surface area contributed by atoms with E-state index in [1.54, 1.807) is 23.2 Å². The first-order chi connectivity index (χ1) is 12.8. The van der Waals surface area contributed by atoms with E-state index in [0.29, 0.717) is 11.8 Å². The Morgan fingerprint density at radius 3 is 2.69 bits per heavy atom. The number of hydrogen-bond acceptors (Lipinski definition) is 5. The van der Waals surface area contributed by atoms with Gasteiger partial charge in [-0.3, -0.25) is 9.36 Å². The molecule has 0 bridgehead atoms. The smallest absolute Gasteiger partial charge is 0.253 e. The summed E-state index contributed by atoms with van der Waals surface area (Å²) < 4.78 is 3.59. The summed E-state index contributed by atoms with van der Waals surface area (Å²) in [6.07, 6.45) is 9.84. The Morgan fingerprint density at radius 1 is 1.08 bits per heavy atom. The van der Waals surface area contributed by atoms with Crippen LogP contribution in [0.5, 0.6) is 0 Å². The van der Waals surface area contributed by atoms with Crippen molar-refractivity contribution in [2.24, 2.45) is 5.92 Å². The quantitative estimate of drug-likeness (QED) is 0.721. The van der Waals surface area contributed by atoms with Crippen molar-refractivity contribution < 1.29 is 0 Å². The fourth-order valence-corrected chi connectivity index (χ4v) is 3.78. The molecule has 0 amide bonds. The topological polar surface area (TPSA) is 68.3 Å². The maximum atomic E-state index is 12.3. The van der Waals surface area contributed by atoms with Gasteiger partial charge >= 0.3 is 0 Å². The van der Waals surface area contributed by atoms with Gasteiger partial charge in [0.25, 0.3) is 5.56 Å². The molecule has 7 heteroatoms. The predicted octanol–water partition coefficient (Wildman–Crippen LogP) is 2.08. The highest BCUT2D eigenvalue weighted by Crippen LogP contribution is 2.38. The van der Waals surface area contributed by atoms with E-state index < -0.39 is 0 Å². The number of piperidine rings is 1. The molecule has 3 aromatic heterocycles. The van der Waals surface area contributed by atoms with Gasteiger partial charge in [0.15, 0.2) is 5.65 Å². The van der Waals surface area contributed by atoms with Gasteiger partial charge in [0, 0.05) is 44.0 Å². The minimum absolute atomic E-state index is 0.0940. The Kier molecular flexibility index (Phi) is 3.72. The third-order valence-corrected chi connectivity index (χ3v) is 5.53. The third-order valence-electron chi connectivity index (χ3n) is 5.53. The van der Waals surface area contributed by atoms with Gasteiger partial charge in [-0.2, -0.15) is 0 Å². The molecule has 1 aliphatic carbocycles. The number of rotatable bonds is 4. The number of fused-ring (bicyclic) bond motifs is 1. The lowest BCUT2D eigenvalue weighted by Gasteiger charge is -2.32. The number of anilines is 1. The second-order valence-electron chi connectivity index (χ2n) is 7.43. The molecule has 1 aliphatic heterocycles. The summed E-state index contributed by atoms with van der Waals surface area (Å²) >= 11 is 0. The zero-order valence-corrected chi connectivity index (χ0v) is 14.7. The predicted molar refractivity (Wildman–Crippen MR) is 98.4 cm³/mol. The van der Waals surface area contributed by atoms with E-state index in [-0.39, 0.29) is 5.56 Å². The Labute approximate surface area is 151 Å². The lowest BCUT2D eigenvalue weighted by Crippen LogP contribution is -2.37. The van der Waals surface area contributed by atoms with Crippen LogP contribution in [-0.2, 0) is 6.54 Å². The summed E-state index contributed by atoms with van der Waals surface area (Å²) in [6.45, 7) is 2.68. The van der Waals surface area contributed by atoms with E-state index in [0.717, 1.165) is 49.6 Å². The van der Waals surface area contributed by atoms with Crippen molar-refractivity contribution in [3.05, 3.63) is 53.0 Å². The Balaban J connectivity index is 1.23. The van der Waals surface area contributed by atoms with Gasteiger partial charge in [-0.1, -0.05) is 0 Å². The standard InChI is InChI=1S/C19H22N6O/c26-19-11-16(15-1-2-15)21-13-24(19)12-14-5-8-23(9-6-14)18-4-3-17-20-7-10-25(17)22-18/h3-4,7,10-11,13-15H,1-2,5-6,8-9,12H2. The summed E-state index contributed by atoms with van der Waals surface area (Å²) in [5.41, 5.74) is 1.93. The van der Waals surface area contributed by atoms with Gasteiger partial charge in [-0.25, -0.2) is 14.5 Å². The fraction of sp³-hybridized carbons (Fsp3) is 0.474. The van der Waals surface area contributed by atoms with Crippen LogP contribution in [0.2, 0.25) is 0 Å². The van der Waals surface area contributed by atoms with E-state index >= 15 is 0 Å². The zero-order chi connectivity index (χ0) is 17.5. The minimum Gasteiger partial charge on any atom is -0.355 e. The van der Waals surface area contributed by atoms with E-state index in [1.165, 1.54) is 12.8 Å². The van der Waals surface area contributed by atoms with E-state index in [9.17, 15) is 4.79 Å². The molecule has 7 nitrogen and oxygen atoms in total. The molecule has 3 aromatic rings. The largest absolute Gasteiger partial charge is 0.355 e. The van der Waals surface area contributed by atoms with Crippen molar-refractivity contribution in [1.82, 2.24) is 24.1 Å². The zero-order valence-electron chi connectivity index (χ0n) is 14.7. The maximum Gasteiger partial charge on any atom is 0.253 e. The second kappa shape index (κ2) is 6.23. The molecular formula is C19H22N6O. The summed E-state index contributed by atoms with van der Waals surface area (Å²) in [4.78, 5) is 23.4. The van der Waals surface area contributed by atoms with Crippen LogP contribution < -0.4 is 10.5 Å². The molecule has 2 fully saturated rings. The van der Waals surface area contributed by atoms with Crippen LogP contribution in [0.4, 0.5) is 5.82 Å². The highest BCUT2D eigenvalue weighted by Gasteiger charge is 2.26. The molecule has 0 atom stereocenters. The molecule has 1 saturated heterocycles. The van der Waals surface area contributed by atoms with Gasteiger partial charge < -0.3 is 4.90 Å². The fourth-order valence-electron chi connectivity index (χ4n) is 3.78. The second-order valence-corrected chi connectivity index (χ2v) is 7.43. The average molecular weight is 350 g/mol. The first-order valence-electron chi connectivity index (χ1n) is 9.38. The number of aromatic nitrogens is 5. The number of hydrogen-bond donors (Lipinski definition) is 0. The maximum absolute atomic E-state index is 12.3.